The van der Waals surface area contributed by atoms with Crippen LogP contribution in [0, 0.1) is 18.3 Å². The van der Waals surface area contributed by atoms with Crippen molar-refractivity contribution in [3.63, 3.8) is 0 Å². The molecule has 4 rings (SSSR count). The highest BCUT2D eigenvalue weighted by atomic mass is 16.4. The first kappa shape index (κ1) is 15.7. The first-order chi connectivity index (χ1) is 12.1. The van der Waals surface area contributed by atoms with Gasteiger partial charge in [0.2, 0.25) is 17.5 Å². The molecular formula is C17H20N6O2. The number of aryl methyl sites for hydroxylation is 1. The van der Waals surface area contributed by atoms with Gasteiger partial charge in [-0.15, -0.1) is 0 Å². The van der Waals surface area contributed by atoms with Crippen molar-refractivity contribution < 1.29 is 9.21 Å². The van der Waals surface area contributed by atoms with Gasteiger partial charge < -0.3 is 14.2 Å². The third-order valence-corrected chi connectivity index (χ3v) is 4.98. The number of carbonyl (C=O) groups is 1. The van der Waals surface area contributed by atoms with Gasteiger partial charge in [0, 0.05) is 44.8 Å². The Hall–Kier alpha value is -2.82. The van der Waals surface area contributed by atoms with Crippen LogP contribution in [0.1, 0.15) is 46.4 Å². The van der Waals surface area contributed by atoms with Crippen LogP contribution in [0.15, 0.2) is 10.6 Å². The van der Waals surface area contributed by atoms with Crippen LogP contribution >= 0.6 is 0 Å². The van der Waals surface area contributed by atoms with E-state index in [2.05, 4.69) is 16.2 Å². The van der Waals surface area contributed by atoms with Crippen LogP contribution in [0.25, 0.3) is 0 Å². The van der Waals surface area contributed by atoms with Gasteiger partial charge >= 0.3 is 0 Å². The van der Waals surface area contributed by atoms with Gasteiger partial charge in [-0.05, 0) is 19.8 Å². The average molecular weight is 340 g/mol. The third-order valence-electron chi connectivity index (χ3n) is 4.98. The molecule has 2 aromatic rings. The summed E-state index contributed by atoms with van der Waals surface area (Å²) in [6, 6.07) is 2.13. The van der Waals surface area contributed by atoms with E-state index in [9.17, 15) is 10.1 Å². The molecule has 2 fully saturated rings. The second kappa shape index (κ2) is 5.92. The van der Waals surface area contributed by atoms with E-state index in [4.69, 9.17) is 4.42 Å². The predicted octanol–water partition coefficient (Wildman–Crippen LogP) is 1.43. The van der Waals surface area contributed by atoms with E-state index < -0.39 is 0 Å². The van der Waals surface area contributed by atoms with E-state index in [-0.39, 0.29) is 5.91 Å². The zero-order valence-corrected chi connectivity index (χ0v) is 14.4. The first-order valence-corrected chi connectivity index (χ1v) is 8.52. The van der Waals surface area contributed by atoms with Gasteiger partial charge in [-0.1, -0.05) is 0 Å². The number of rotatable bonds is 3. The third kappa shape index (κ3) is 2.76. The highest BCUT2D eigenvalue weighted by molar-refractivity contribution is 5.95. The Labute approximate surface area is 145 Å². The van der Waals surface area contributed by atoms with Gasteiger partial charge in [0.25, 0.3) is 5.91 Å². The van der Waals surface area contributed by atoms with Crippen LogP contribution in [0.3, 0.4) is 0 Å². The maximum atomic E-state index is 12.7. The molecule has 0 spiro atoms. The fourth-order valence-electron chi connectivity index (χ4n) is 3.11. The normalized spacial score (nSPS) is 17.6. The number of carbonyl (C=O) groups excluding carboxylic acids is 1. The summed E-state index contributed by atoms with van der Waals surface area (Å²) in [5, 5.41) is 13.5. The molecule has 8 nitrogen and oxygen atoms in total. The van der Waals surface area contributed by atoms with E-state index in [1.807, 2.05) is 23.8 Å². The molecule has 2 aromatic heterocycles. The number of anilines is 1. The van der Waals surface area contributed by atoms with E-state index in [0.29, 0.717) is 55.1 Å². The minimum absolute atomic E-state index is 0.00185. The second-order valence-corrected chi connectivity index (χ2v) is 6.64. The lowest BCUT2D eigenvalue weighted by Crippen LogP contribution is -2.49. The molecule has 1 saturated heterocycles. The minimum atomic E-state index is 0.00185. The van der Waals surface area contributed by atoms with Crippen LogP contribution in [-0.2, 0) is 7.05 Å². The molecule has 0 N–H and O–H groups in total. The van der Waals surface area contributed by atoms with Crippen molar-refractivity contribution in [2.45, 2.75) is 25.7 Å². The molecule has 25 heavy (non-hydrogen) atoms. The summed E-state index contributed by atoms with van der Waals surface area (Å²) in [5.41, 5.74) is 1.86. The highest BCUT2D eigenvalue weighted by Crippen LogP contribution is 2.41. The first-order valence-electron chi connectivity index (χ1n) is 8.52. The number of amides is 1. The number of oxazole rings is 1. The van der Waals surface area contributed by atoms with Crippen LogP contribution in [-0.4, -0.2) is 51.8 Å². The van der Waals surface area contributed by atoms with Crippen LogP contribution < -0.4 is 4.90 Å². The van der Waals surface area contributed by atoms with Gasteiger partial charge in [0.05, 0.1) is 11.8 Å². The molecule has 1 amide bonds. The van der Waals surface area contributed by atoms with Crippen LogP contribution in [0.5, 0.6) is 0 Å². The number of hydrogen-bond acceptors (Lipinski definition) is 6. The summed E-state index contributed by atoms with van der Waals surface area (Å²) < 4.78 is 7.55. The summed E-state index contributed by atoms with van der Waals surface area (Å²) in [5.74, 6) is 1.60. The topological polar surface area (TPSA) is 91.2 Å². The zero-order chi connectivity index (χ0) is 17.6. The number of nitrogens with zero attached hydrogens (tertiary/aromatic N) is 6. The lowest BCUT2D eigenvalue weighted by Gasteiger charge is -2.34. The average Bonchev–Trinajstić information content (AvgIpc) is 3.31. The Morgan fingerprint density at radius 3 is 2.60 bits per heavy atom. The van der Waals surface area contributed by atoms with Crippen molar-refractivity contribution in [3.8, 4) is 6.07 Å². The lowest BCUT2D eigenvalue weighted by molar-refractivity contribution is 0.0744. The monoisotopic (exact) mass is 340 g/mol. The van der Waals surface area contributed by atoms with Gasteiger partial charge in [-0.3, -0.25) is 9.48 Å². The number of nitriles is 1. The minimum Gasteiger partial charge on any atom is -0.423 e. The van der Waals surface area contributed by atoms with Gasteiger partial charge in [-0.2, -0.15) is 10.4 Å². The van der Waals surface area contributed by atoms with Crippen molar-refractivity contribution in [2.75, 3.05) is 31.1 Å². The molecule has 3 heterocycles. The van der Waals surface area contributed by atoms with Crippen molar-refractivity contribution in [1.82, 2.24) is 19.7 Å². The maximum Gasteiger partial charge on any atom is 0.257 e. The fraction of sp³-hybridized carbons (Fsp3) is 0.529. The van der Waals surface area contributed by atoms with Gasteiger partial charge in [-0.25, -0.2) is 4.98 Å². The van der Waals surface area contributed by atoms with Crippen molar-refractivity contribution in [3.05, 3.63) is 29.0 Å². The SMILES string of the molecule is Cc1c(C(=O)N2CCN(c3oc(C4CC4)nc3C#N)CC2)cnn1C. The van der Waals surface area contributed by atoms with Crippen molar-refractivity contribution >= 4 is 11.8 Å². The Morgan fingerprint density at radius 2 is 2.04 bits per heavy atom. The Balaban J connectivity index is 1.46. The zero-order valence-electron chi connectivity index (χ0n) is 14.4. The molecule has 0 bridgehead atoms. The summed E-state index contributed by atoms with van der Waals surface area (Å²) in [6.07, 6.45) is 3.78. The van der Waals surface area contributed by atoms with Crippen molar-refractivity contribution in [1.29, 1.82) is 5.26 Å². The molecule has 1 aliphatic carbocycles. The molecule has 130 valence electrons. The van der Waals surface area contributed by atoms with E-state index >= 15 is 0 Å². The van der Waals surface area contributed by atoms with E-state index in [1.165, 1.54) is 0 Å². The number of aromatic nitrogens is 3. The molecule has 1 aliphatic heterocycles. The lowest BCUT2D eigenvalue weighted by atomic mass is 10.2. The van der Waals surface area contributed by atoms with Crippen LogP contribution in [0.4, 0.5) is 5.88 Å². The summed E-state index contributed by atoms with van der Waals surface area (Å²) in [7, 11) is 1.83. The molecule has 0 unspecified atom stereocenters. The number of hydrogen-bond donors (Lipinski definition) is 0. The molecule has 0 atom stereocenters. The van der Waals surface area contributed by atoms with Crippen LogP contribution in [0.2, 0.25) is 0 Å². The predicted molar refractivity (Wildman–Crippen MR) is 89.3 cm³/mol. The molecule has 8 heteroatoms. The fourth-order valence-corrected chi connectivity index (χ4v) is 3.11. The largest absolute Gasteiger partial charge is 0.423 e. The summed E-state index contributed by atoms with van der Waals surface area (Å²) in [6.45, 7) is 4.30. The molecule has 2 aliphatic rings. The quantitative estimate of drug-likeness (QED) is 0.839. The van der Waals surface area contributed by atoms with E-state index in [0.717, 1.165) is 18.5 Å². The maximum absolute atomic E-state index is 12.7. The standard InChI is InChI=1S/C17H20N6O2/c1-11-13(10-19-21(11)2)16(24)22-5-7-23(8-6-22)17-14(9-18)20-15(25-17)12-3-4-12/h10,12H,3-8H2,1-2H3. The highest BCUT2D eigenvalue weighted by Gasteiger charge is 2.33. The van der Waals surface area contributed by atoms with Gasteiger partial charge in [0.1, 0.15) is 6.07 Å². The second-order valence-electron chi connectivity index (χ2n) is 6.64. The molecule has 0 aromatic carbocycles. The number of piperazine rings is 1. The van der Waals surface area contributed by atoms with Gasteiger partial charge in [0.15, 0.2) is 0 Å². The Bertz CT molecular complexity index is 849. The molecule has 1 saturated carbocycles. The smallest absolute Gasteiger partial charge is 0.257 e. The Kier molecular flexibility index (Phi) is 3.71. The van der Waals surface area contributed by atoms with Crippen molar-refractivity contribution in [2.24, 2.45) is 7.05 Å². The summed E-state index contributed by atoms with van der Waals surface area (Å²) >= 11 is 0. The molecular weight excluding hydrogens is 320 g/mol. The van der Waals surface area contributed by atoms with E-state index in [1.54, 1.807) is 10.9 Å². The Morgan fingerprint density at radius 1 is 1.32 bits per heavy atom. The molecule has 0 radical (unpaired) electrons. The summed E-state index contributed by atoms with van der Waals surface area (Å²) in [4.78, 5) is 20.8.